The molecule has 0 saturated carbocycles. The van der Waals surface area contributed by atoms with E-state index in [2.05, 4.69) is 5.32 Å². The van der Waals surface area contributed by atoms with E-state index in [4.69, 9.17) is 11.0 Å². The molecule has 0 aromatic heterocycles. The fourth-order valence-corrected chi connectivity index (χ4v) is 1.64. The number of rotatable bonds is 2. The van der Waals surface area contributed by atoms with Crippen LogP contribution in [0.2, 0.25) is 0 Å². The fraction of sp³-hybridized carbons (Fsp3) is 0. The largest absolute Gasteiger partial charge is 0.399 e. The summed E-state index contributed by atoms with van der Waals surface area (Å²) in [6.07, 6.45) is 0. The number of benzene rings is 2. The van der Waals surface area contributed by atoms with Crippen molar-refractivity contribution in [3.05, 3.63) is 59.2 Å². The molecule has 0 fully saturated rings. The van der Waals surface area contributed by atoms with Crippen LogP contribution in [0.4, 0.5) is 20.2 Å². The molecule has 2 aromatic rings. The summed E-state index contributed by atoms with van der Waals surface area (Å²) in [4.78, 5) is 11.9. The van der Waals surface area contributed by atoms with E-state index >= 15 is 0 Å². The van der Waals surface area contributed by atoms with Crippen molar-refractivity contribution in [3.63, 3.8) is 0 Å². The fourth-order valence-electron chi connectivity index (χ4n) is 1.64. The molecule has 3 N–H and O–H groups in total. The molecule has 1 amide bonds. The number of anilines is 2. The average molecular weight is 273 g/mol. The molecule has 20 heavy (non-hydrogen) atoms. The molecule has 0 unspecified atom stereocenters. The minimum atomic E-state index is -0.854. The third-order valence-electron chi connectivity index (χ3n) is 2.54. The number of nitrogens with two attached hydrogens (primary N) is 1. The van der Waals surface area contributed by atoms with E-state index in [1.807, 2.05) is 6.07 Å². The summed E-state index contributed by atoms with van der Waals surface area (Å²) in [6, 6.07) is 8.69. The predicted octanol–water partition coefficient (Wildman–Crippen LogP) is 2.67. The van der Waals surface area contributed by atoms with Crippen LogP contribution in [0.1, 0.15) is 15.9 Å². The van der Waals surface area contributed by atoms with Crippen molar-refractivity contribution in [1.82, 2.24) is 0 Å². The molecule has 2 rings (SSSR count). The van der Waals surface area contributed by atoms with Gasteiger partial charge in [0.25, 0.3) is 5.91 Å². The normalized spacial score (nSPS) is 9.85. The van der Waals surface area contributed by atoms with Crippen molar-refractivity contribution in [3.8, 4) is 6.07 Å². The molecule has 2 aromatic carbocycles. The van der Waals surface area contributed by atoms with Crippen molar-refractivity contribution in [1.29, 1.82) is 5.26 Å². The first kappa shape index (κ1) is 13.5. The predicted molar refractivity (Wildman–Crippen MR) is 69.9 cm³/mol. The summed E-state index contributed by atoms with van der Waals surface area (Å²) in [6.45, 7) is 0. The number of halogens is 2. The van der Waals surface area contributed by atoms with Crippen molar-refractivity contribution in [2.24, 2.45) is 0 Å². The molecule has 0 saturated heterocycles. The van der Waals surface area contributed by atoms with E-state index in [9.17, 15) is 13.6 Å². The highest BCUT2D eigenvalue weighted by Crippen LogP contribution is 2.19. The Labute approximate surface area is 113 Å². The lowest BCUT2D eigenvalue weighted by molar-refractivity contribution is 0.102. The van der Waals surface area contributed by atoms with E-state index in [1.54, 1.807) is 0 Å². The van der Waals surface area contributed by atoms with E-state index in [1.165, 1.54) is 18.2 Å². The molecule has 100 valence electrons. The quantitative estimate of drug-likeness (QED) is 0.825. The highest BCUT2D eigenvalue weighted by atomic mass is 19.1. The maximum atomic E-state index is 13.0. The third-order valence-corrected chi connectivity index (χ3v) is 2.54. The second-order valence-electron chi connectivity index (χ2n) is 4.03. The van der Waals surface area contributed by atoms with E-state index in [0.717, 1.165) is 12.1 Å². The third kappa shape index (κ3) is 2.90. The van der Waals surface area contributed by atoms with Gasteiger partial charge >= 0.3 is 0 Å². The number of hydrogen-bond acceptors (Lipinski definition) is 3. The van der Waals surface area contributed by atoms with E-state index in [0.29, 0.717) is 11.8 Å². The van der Waals surface area contributed by atoms with Gasteiger partial charge in [-0.2, -0.15) is 5.26 Å². The first-order valence-corrected chi connectivity index (χ1v) is 5.56. The van der Waals surface area contributed by atoms with Crippen LogP contribution >= 0.6 is 0 Å². The Morgan fingerprint density at radius 2 is 1.80 bits per heavy atom. The number of nitrogens with one attached hydrogen (secondary N) is 1. The standard InChI is InChI=1S/C14H9F2N3O/c15-10-3-8(4-11(16)6-10)14(20)19-13-2-1-12(18)5-9(13)7-17/h1-6H,18H2,(H,19,20). The van der Waals surface area contributed by atoms with Crippen LogP contribution in [-0.2, 0) is 0 Å². The lowest BCUT2D eigenvalue weighted by atomic mass is 10.1. The van der Waals surface area contributed by atoms with Gasteiger partial charge in [0.05, 0.1) is 11.3 Å². The molecule has 0 heterocycles. The summed E-state index contributed by atoms with van der Waals surface area (Å²) < 4.78 is 26.1. The van der Waals surface area contributed by atoms with E-state index in [-0.39, 0.29) is 16.8 Å². The number of carbonyl (C=O) groups is 1. The maximum absolute atomic E-state index is 13.0. The highest BCUT2D eigenvalue weighted by Gasteiger charge is 2.11. The van der Waals surface area contributed by atoms with Crippen LogP contribution in [0.25, 0.3) is 0 Å². The molecule has 0 aliphatic rings. The van der Waals surface area contributed by atoms with Crippen LogP contribution in [0, 0.1) is 23.0 Å². The lowest BCUT2D eigenvalue weighted by Gasteiger charge is -2.08. The summed E-state index contributed by atoms with van der Waals surface area (Å²) in [7, 11) is 0. The van der Waals surface area contributed by atoms with E-state index < -0.39 is 17.5 Å². The highest BCUT2D eigenvalue weighted by molar-refractivity contribution is 6.05. The summed E-state index contributed by atoms with van der Waals surface area (Å²) >= 11 is 0. The molecule has 0 radical (unpaired) electrons. The average Bonchev–Trinajstić information content (AvgIpc) is 2.39. The zero-order valence-electron chi connectivity index (χ0n) is 10.2. The molecular weight excluding hydrogens is 264 g/mol. The van der Waals surface area contributed by atoms with Gasteiger partial charge in [-0.3, -0.25) is 4.79 Å². The molecule has 0 spiro atoms. The second-order valence-corrected chi connectivity index (χ2v) is 4.03. The minimum Gasteiger partial charge on any atom is -0.399 e. The smallest absolute Gasteiger partial charge is 0.255 e. The van der Waals surface area contributed by atoms with Crippen LogP contribution in [0.3, 0.4) is 0 Å². The SMILES string of the molecule is N#Cc1cc(N)ccc1NC(=O)c1cc(F)cc(F)c1. The first-order chi connectivity index (χ1) is 9.49. The van der Waals surface area contributed by atoms with Gasteiger partial charge in [0.15, 0.2) is 0 Å². The Bertz CT molecular complexity index is 703. The Balaban J connectivity index is 2.30. The monoisotopic (exact) mass is 273 g/mol. The Morgan fingerprint density at radius 3 is 2.40 bits per heavy atom. The topological polar surface area (TPSA) is 78.9 Å². The van der Waals surface area contributed by atoms with Gasteiger partial charge in [-0.25, -0.2) is 8.78 Å². The Hall–Kier alpha value is -2.94. The van der Waals surface area contributed by atoms with Crippen molar-refractivity contribution in [2.45, 2.75) is 0 Å². The van der Waals surface area contributed by atoms with Crippen molar-refractivity contribution < 1.29 is 13.6 Å². The van der Waals surface area contributed by atoms with Crippen molar-refractivity contribution >= 4 is 17.3 Å². The molecular formula is C14H9F2N3O. The molecule has 0 aliphatic heterocycles. The summed E-state index contributed by atoms with van der Waals surface area (Å²) in [5, 5.41) is 11.3. The number of hydrogen-bond donors (Lipinski definition) is 2. The first-order valence-electron chi connectivity index (χ1n) is 5.56. The summed E-state index contributed by atoms with van der Waals surface area (Å²) in [5.41, 5.74) is 6.10. The Morgan fingerprint density at radius 1 is 1.15 bits per heavy atom. The van der Waals surface area contributed by atoms with Gasteiger partial charge in [-0.1, -0.05) is 0 Å². The van der Waals surface area contributed by atoms with Gasteiger partial charge in [-0.15, -0.1) is 0 Å². The molecule has 0 atom stereocenters. The second kappa shape index (κ2) is 5.36. The summed E-state index contributed by atoms with van der Waals surface area (Å²) in [5.74, 6) is -2.43. The van der Waals surface area contributed by atoms with Gasteiger partial charge in [0.1, 0.15) is 17.7 Å². The number of amides is 1. The minimum absolute atomic E-state index is 0.162. The van der Waals surface area contributed by atoms with Gasteiger partial charge < -0.3 is 11.1 Å². The number of nitrogens with zero attached hydrogens (tertiary/aromatic N) is 1. The van der Waals surface area contributed by atoms with Gasteiger partial charge in [0.2, 0.25) is 0 Å². The van der Waals surface area contributed by atoms with Crippen LogP contribution in [-0.4, -0.2) is 5.91 Å². The maximum Gasteiger partial charge on any atom is 0.255 e. The molecule has 0 aliphatic carbocycles. The lowest BCUT2D eigenvalue weighted by Crippen LogP contribution is -2.13. The van der Waals surface area contributed by atoms with Gasteiger partial charge in [0, 0.05) is 17.3 Å². The molecule has 0 bridgehead atoms. The van der Waals surface area contributed by atoms with Crippen LogP contribution in [0.5, 0.6) is 0 Å². The van der Waals surface area contributed by atoms with Crippen LogP contribution in [0.15, 0.2) is 36.4 Å². The molecule has 4 nitrogen and oxygen atoms in total. The van der Waals surface area contributed by atoms with Crippen LogP contribution < -0.4 is 11.1 Å². The number of carbonyl (C=O) groups excluding carboxylic acids is 1. The van der Waals surface area contributed by atoms with Gasteiger partial charge in [-0.05, 0) is 30.3 Å². The zero-order valence-corrected chi connectivity index (χ0v) is 10.2. The van der Waals surface area contributed by atoms with Crippen molar-refractivity contribution in [2.75, 3.05) is 11.1 Å². The molecule has 6 heteroatoms. The Kier molecular flexibility index (Phi) is 3.62. The number of nitrogen functional groups attached to an aromatic ring is 1. The number of nitriles is 1. The zero-order chi connectivity index (χ0) is 14.7.